The van der Waals surface area contributed by atoms with E-state index in [1.165, 1.54) is 12.8 Å². The lowest BCUT2D eigenvalue weighted by Gasteiger charge is -2.35. The van der Waals surface area contributed by atoms with E-state index < -0.39 is 0 Å². The molecule has 1 N–H and O–H groups in total. The molecule has 2 aromatic heterocycles. The quantitative estimate of drug-likeness (QED) is 0.321. The van der Waals surface area contributed by atoms with Crippen molar-refractivity contribution < 1.29 is 9.47 Å². The second-order valence-electron chi connectivity index (χ2n) is 8.15. The smallest absolute Gasteiger partial charge is 0.194 e. The highest BCUT2D eigenvalue weighted by Gasteiger charge is 2.23. The minimum Gasteiger partial charge on any atom is -0.376 e. The van der Waals surface area contributed by atoms with Crippen LogP contribution in [0.4, 0.5) is 0 Å². The van der Waals surface area contributed by atoms with E-state index in [9.17, 15) is 0 Å². The molecule has 8 nitrogen and oxygen atoms in total. The van der Waals surface area contributed by atoms with Crippen molar-refractivity contribution in [1.82, 2.24) is 25.0 Å². The number of halogens is 1. The maximum Gasteiger partial charge on any atom is 0.194 e. The number of piperidine rings is 1. The molecule has 9 heteroatoms. The lowest BCUT2D eigenvalue weighted by atomic mass is 10.1. The molecule has 32 heavy (non-hydrogen) atoms. The maximum absolute atomic E-state index is 6.16. The zero-order valence-corrected chi connectivity index (χ0v) is 21.2. The predicted molar refractivity (Wildman–Crippen MR) is 136 cm³/mol. The predicted octanol–water partition coefficient (Wildman–Crippen LogP) is 3.40. The standard InChI is InChI=1S/C23H34N6O2.HI/c1-2-24-23(26-17-19-7-11-25-22(16-19)29-12-5-10-27-29)28-13-8-20(9-14-28)31-18-21-6-3-4-15-30-21;/h5,7,10-12,16,20-21H,2-4,6,8-9,13-15,17-18H2,1H3,(H,24,26);1H. The molecule has 4 rings (SSSR count). The summed E-state index contributed by atoms with van der Waals surface area (Å²) in [7, 11) is 0. The van der Waals surface area contributed by atoms with Crippen LogP contribution in [-0.2, 0) is 16.0 Å². The summed E-state index contributed by atoms with van der Waals surface area (Å²) in [6.45, 7) is 7.10. The molecule has 0 radical (unpaired) electrons. The summed E-state index contributed by atoms with van der Waals surface area (Å²) >= 11 is 0. The van der Waals surface area contributed by atoms with E-state index in [1.807, 2.05) is 30.6 Å². The average molecular weight is 554 g/mol. The Morgan fingerprint density at radius 1 is 1.25 bits per heavy atom. The van der Waals surface area contributed by atoms with Gasteiger partial charge in [0.1, 0.15) is 0 Å². The van der Waals surface area contributed by atoms with E-state index in [4.69, 9.17) is 14.5 Å². The van der Waals surface area contributed by atoms with Gasteiger partial charge in [-0.1, -0.05) is 0 Å². The topological polar surface area (TPSA) is 76.8 Å². The Bertz CT molecular complexity index is 818. The molecule has 176 valence electrons. The van der Waals surface area contributed by atoms with E-state index >= 15 is 0 Å². The third kappa shape index (κ3) is 7.14. The molecule has 1 unspecified atom stereocenters. The van der Waals surface area contributed by atoms with Crippen LogP contribution in [0.3, 0.4) is 0 Å². The molecular formula is C23H35IN6O2. The van der Waals surface area contributed by atoms with E-state index in [2.05, 4.69) is 27.2 Å². The molecule has 0 aliphatic carbocycles. The van der Waals surface area contributed by atoms with Gasteiger partial charge in [-0.15, -0.1) is 24.0 Å². The first kappa shape index (κ1) is 24.9. The molecule has 2 aliphatic heterocycles. The SMILES string of the molecule is CCNC(=NCc1ccnc(-n2cccn2)c1)N1CCC(OCC2CCCCO2)CC1.I. The second kappa shape index (κ2) is 13.1. The zero-order chi connectivity index (χ0) is 21.3. The zero-order valence-electron chi connectivity index (χ0n) is 18.9. The molecule has 2 fully saturated rings. The van der Waals surface area contributed by atoms with Crippen LogP contribution in [0.15, 0.2) is 41.8 Å². The molecule has 1 atom stereocenters. The van der Waals surface area contributed by atoms with Gasteiger partial charge in [-0.2, -0.15) is 5.10 Å². The van der Waals surface area contributed by atoms with Gasteiger partial charge in [0.25, 0.3) is 0 Å². The lowest BCUT2D eigenvalue weighted by molar-refractivity contribution is -0.0721. The minimum absolute atomic E-state index is 0. The molecule has 0 spiro atoms. The molecule has 0 aromatic carbocycles. The van der Waals surface area contributed by atoms with Crippen molar-refractivity contribution in [2.75, 3.05) is 32.8 Å². The number of pyridine rings is 1. The highest BCUT2D eigenvalue weighted by molar-refractivity contribution is 14.0. The first-order valence-electron chi connectivity index (χ1n) is 11.5. The number of ether oxygens (including phenoxy) is 2. The third-order valence-electron chi connectivity index (χ3n) is 5.83. The molecule has 0 bridgehead atoms. The number of aromatic nitrogens is 3. The van der Waals surface area contributed by atoms with Gasteiger partial charge in [0.05, 0.1) is 25.4 Å². The van der Waals surface area contributed by atoms with Crippen LogP contribution in [0.2, 0.25) is 0 Å². The van der Waals surface area contributed by atoms with Gasteiger partial charge < -0.3 is 19.7 Å². The molecule has 0 amide bonds. The first-order valence-corrected chi connectivity index (χ1v) is 11.5. The van der Waals surface area contributed by atoms with E-state index in [0.717, 1.165) is 69.5 Å². The van der Waals surface area contributed by atoms with Gasteiger partial charge in [0.15, 0.2) is 11.8 Å². The molecular weight excluding hydrogens is 519 g/mol. The van der Waals surface area contributed by atoms with E-state index in [0.29, 0.717) is 12.6 Å². The highest BCUT2D eigenvalue weighted by atomic mass is 127. The molecule has 0 saturated carbocycles. The number of aliphatic imine (C=N–C) groups is 1. The highest BCUT2D eigenvalue weighted by Crippen LogP contribution is 2.18. The third-order valence-corrected chi connectivity index (χ3v) is 5.83. The minimum atomic E-state index is 0. The molecule has 2 aromatic rings. The van der Waals surface area contributed by atoms with Crippen molar-refractivity contribution in [3.05, 3.63) is 42.4 Å². The number of rotatable bonds is 7. The van der Waals surface area contributed by atoms with Crippen LogP contribution >= 0.6 is 24.0 Å². The Morgan fingerprint density at radius 3 is 2.84 bits per heavy atom. The van der Waals surface area contributed by atoms with Gasteiger partial charge in [0.2, 0.25) is 0 Å². The Hall–Kier alpha value is -1.72. The molecule has 2 aliphatic rings. The number of hydrogen-bond donors (Lipinski definition) is 1. The Morgan fingerprint density at radius 2 is 2.12 bits per heavy atom. The lowest BCUT2D eigenvalue weighted by Crippen LogP contribution is -2.47. The fourth-order valence-corrected chi connectivity index (χ4v) is 4.10. The van der Waals surface area contributed by atoms with Crippen LogP contribution in [0.5, 0.6) is 0 Å². The fourth-order valence-electron chi connectivity index (χ4n) is 4.10. The number of nitrogens with zero attached hydrogens (tertiary/aromatic N) is 5. The Kier molecular flexibility index (Phi) is 10.2. The van der Waals surface area contributed by atoms with Crippen LogP contribution in [0.1, 0.15) is 44.6 Å². The molecule has 4 heterocycles. The van der Waals surface area contributed by atoms with Crippen molar-refractivity contribution in [3.8, 4) is 5.82 Å². The number of nitrogens with one attached hydrogen (secondary N) is 1. The number of hydrogen-bond acceptors (Lipinski definition) is 5. The average Bonchev–Trinajstić information content (AvgIpc) is 3.37. The Labute approximate surface area is 207 Å². The van der Waals surface area contributed by atoms with Crippen molar-refractivity contribution in [2.24, 2.45) is 4.99 Å². The first-order chi connectivity index (χ1) is 15.3. The monoisotopic (exact) mass is 554 g/mol. The molecule has 2 saturated heterocycles. The summed E-state index contributed by atoms with van der Waals surface area (Å²) in [5.41, 5.74) is 1.11. The summed E-state index contributed by atoms with van der Waals surface area (Å²) in [5, 5.41) is 7.70. The van der Waals surface area contributed by atoms with E-state index in [-0.39, 0.29) is 30.1 Å². The van der Waals surface area contributed by atoms with Crippen molar-refractivity contribution in [3.63, 3.8) is 0 Å². The van der Waals surface area contributed by atoms with Gasteiger partial charge in [-0.3, -0.25) is 0 Å². The summed E-state index contributed by atoms with van der Waals surface area (Å²) in [5.74, 6) is 1.77. The summed E-state index contributed by atoms with van der Waals surface area (Å²) in [6, 6.07) is 5.94. The van der Waals surface area contributed by atoms with Crippen LogP contribution < -0.4 is 5.32 Å². The fraction of sp³-hybridized carbons (Fsp3) is 0.609. The summed E-state index contributed by atoms with van der Waals surface area (Å²) in [4.78, 5) is 11.6. The van der Waals surface area contributed by atoms with Crippen LogP contribution in [0.25, 0.3) is 5.82 Å². The summed E-state index contributed by atoms with van der Waals surface area (Å²) in [6.07, 6.45) is 11.7. The van der Waals surface area contributed by atoms with Crippen molar-refractivity contribution in [1.29, 1.82) is 0 Å². The van der Waals surface area contributed by atoms with Crippen molar-refractivity contribution >= 4 is 29.9 Å². The summed E-state index contributed by atoms with van der Waals surface area (Å²) < 4.78 is 13.7. The van der Waals surface area contributed by atoms with Gasteiger partial charge in [0, 0.05) is 44.8 Å². The number of likely N-dealkylation sites (tertiary alicyclic amines) is 1. The Balaban J connectivity index is 0.00000289. The number of guanidine groups is 1. The van der Waals surface area contributed by atoms with Gasteiger partial charge >= 0.3 is 0 Å². The van der Waals surface area contributed by atoms with E-state index in [1.54, 1.807) is 10.9 Å². The normalized spacial score (nSPS) is 20.1. The second-order valence-corrected chi connectivity index (χ2v) is 8.15. The van der Waals surface area contributed by atoms with Crippen LogP contribution in [0, 0.1) is 0 Å². The van der Waals surface area contributed by atoms with Gasteiger partial charge in [-0.05, 0) is 62.8 Å². The van der Waals surface area contributed by atoms with Crippen LogP contribution in [-0.4, -0.2) is 70.7 Å². The van der Waals surface area contributed by atoms with Gasteiger partial charge in [-0.25, -0.2) is 14.7 Å². The van der Waals surface area contributed by atoms with Crippen molar-refractivity contribution in [2.45, 2.75) is 57.8 Å². The largest absolute Gasteiger partial charge is 0.376 e. The maximum atomic E-state index is 6.16.